The summed E-state index contributed by atoms with van der Waals surface area (Å²) in [6.45, 7) is 1.59. The molecule has 0 spiro atoms. The molecule has 2 heterocycles. The van der Waals surface area contributed by atoms with Gasteiger partial charge in [0.2, 0.25) is 5.91 Å². The number of thioether (sulfide) groups is 1. The summed E-state index contributed by atoms with van der Waals surface area (Å²) in [7, 11) is 0. The Morgan fingerprint density at radius 1 is 1.10 bits per heavy atom. The van der Waals surface area contributed by atoms with Crippen LogP contribution in [0.15, 0.2) is 57.8 Å². The van der Waals surface area contributed by atoms with Gasteiger partial charge in [-0.3, -0.25) is 14.2 Å². The largest absolute Gasteiger partial charge is 0.325 e. The fourth-order valence-corrected chi connectivity index (χ4v) is 4.46. The first-order chi connectivity index (χ1) is 14.8. The molecule has 10 heteroatoms. The molecule has 0 unspecified atom stereocenters. The van der Waals surface area contributed by atoms with Crippen molar-refractivity contribution in [3.8, 4) is 5.69 Å². The van der Waals surface area contributed by atoms with Crippen LogP contribution < -0.4 is 10.9 Å². The maximum atomic E-state index is 13.7. The number of rotatable bonds is 5. The Hall–Kier alpha value is -3.11. The molecule has 0 fully saturated rings. The maximum Gasteiger partial charge on any atom is 0.276 e. The predicted molar refractivity (Wildman–Crippen MR) is 116 cm³/mol. The van der Waals surface area contributed by atoms with E-state index in [1.807, 2.05) is 0 Å². The van der Waals surface area contributed by atoms with Gasteiger partial charge in [0.05, 0.1) is 17.0 Å². The summed E-state index contributed by atoms with van der Waals surface area (Å²) in [6.07, 6.45) is 0. The van der Waals surface area contributed by atoms with Crippen LogP contribution in [-0.2, 0) is 4.79 Å². The van der Waals surface area contributed by atoms with Crippen LogP contribution in [0.25, 0.3) is 15.9 Å². The third-order valence-corrected chi connectivity index (χ3v) is 6.21. The van der Waals surface area contributed by atoms with E-state index in [0.717, 1.165) is 23.9 Å². The zero-order valence-corrected chi connectivity index (χ0v) is 17.6. The Kier molecular flexibility index (Phi) is 5.84. The fraction of sp³-hybridized carbons (Fsp3) is 0.0952. The molecule has 0 bridgehead atoms. The maximum absolute atomic E-state index is 13.7. The number of carbonyl (C=O) groups excluding carboxylic acids is 1. The zero-order chi connectivity index (χ0) is 22.1. The third-order valence-electron chi connectivity index (χ3n) is 4.38. The van der Waals surface area contributed by atoms with Crippen molar-refractivity contribution in [2.24, 2.45) is 0 Å². The quantitative estimate of drug-likeness (QED) is 0.339. The summed E-state index contributed by atoms with van der Waals surface area (Å²) in [5.41, 5.74) is 1.07. The average Bonchev–Trinajstić information content (AvgIpc) is 3.20. The van der Waals surface area contributed by atoms with Crippen molar-refractivity contribution >= 4 is 44.9 Å². The van der Waals surface area contributed by atoms with Crippen LogP contribution in [0.3, 0.4) is 0 Å². The molecule has 158 valence electrons. The van der Waals surface area contributed by atoms with Gasteiger partial charge >= 0.3 is 0 Å². The summed E-state index contributed by atoms with van der Waals surface area (Å²) in [5.74, 6) is -3.12. The Balaban J connectivity index is 1.64. The summed E-state index contributed by atoms with van der Waals surface area (Å²) in [6, 6.07) is 9.00. The lowest BCUT2D eigenvalue weighted by molar-refractivity contribution is -0.113. The van der Waals surface area contributed by atoms with E-state index >= 15 is 0 Å². The molecular formula is C21H14F3N3O2S2. The number of anilines is 1. The Morgan fingerprint density at radius 2 is 1.87 bits per heavy atom. The lowest BCUT2D eigenvalue weighted by Gasteiger charge is -2.13. The summed E-state index contributed by atoms with van der Waals surface area (Å²) in [4.78, 5) is 29.9. The van der Waals surface area contributed by atoms with E-state index in [1.54, 1.807) is 18.4 Å². The van der Waals surface area contributed by atoms with Crippen molar-refractivity contribution in [1.82, 2.24) is 9.55 Å². The number of thiophene rings is 1. The van der Waals surface area contributed by atoms with Crippen molar-refractivity contribution < 1.29 is 18.0 Å². The lowest BCUT2D eigenvalue weighted by Crippen LogP contribution is -2.22. The summed E-state index contributed by atoms with van der Waals surface area (Å²) >= 11 is 2.24. The molecule has 0 radical (unpaired) electrons. The molecular weight excluding hydrogens is 447 g/mol. The molecule has 0 saturated heterocycles. The number of carbonyl (C=O) groups is 1. The lowest BCUT2D eigenvalue weighted by atomic mass is 10.2. The monoisotopic (exact) mass is 461 g/mol. The van der Waals surface area contributed by atoms with Gasteiger partial charge in [0, 0.05) is 11.8 Å². The molecule has 31 heavy (non-hydrogen) atoms. The van der Waals surface area contributed by atoms with E-state index in [9.17, 15) is 22.8 Å². The molecule has 0 saturated carbocycles. The van der Waals surface area contributed by atoms with E-state index in [0.29, 0.717) is 21.5 Å². The number of hydrogen-bond acceptors (Lipinski definition) is 5. The van der Waals surface area contributed by atoms with Crippen LogP contribution in [0, 0.1) is 24.4 Å². The summed E-state index contributed by atoms with van der Waals surface area (Å²) < 4.78 is 41.9. The number of nitrogens with one attached hydrogen (secondary N) is 1. The van der Waals surface area contributed by atoms with Crippen LogP contribution in [0.2, 0.25) is 0 Å². The minimum atomic E-state index is -1.07. The minimum Gasteiger partial charge on any atom is -0.325 e. The first kappa shape index (κ1) is 21.1. The Bertz CT molecular complexity index is 1370. The smallest absolute Gasteiger partial charge is 0.276 e. The van der Waals surface area contributed by atoms with Crippen LogP contribution in [0.1, 0.15) is 5.56 Å². The van der Waals surface area contributed by atoms with Crippen LogP contribution in [-0.4, -0.2) is 21.2 Å². The van der Waals surface area contributed by atoms with E-state index in [-0.39, 0.29) is 22.2 Å². The van der Waals surface area contributed by atoms with Crippen molar-refractivity contribution in [2.75, 3.05) is 11.1 Å². The van der Waals surface area contributed by atoms with E-state index in [4.69, 9.17) is 0 Å². The fourth-order valence-electron chi connectivity index (χ4n) is 2.89. The first-order valence-corrected chi connectivity index (χ1v) is 10.8. The van der Waals surface area contributed by atoms with Crippen molar-refractivity contribution in [3.63, 3.8) is 0 Å². The molecule has 5 nitrogen and oxygen atoms in total. The number of benzene rings is 2. The molecule has 0 atom stereocenters. The number of fused-ring (bicyclic) bond motifs is 1. The third kappa shape index (κ3) is 4.35. The molecule has 4 rings (SSSR count). The molecule has 2 aromatic carbocycles. The number of aryl methyl sites for hydroxylation is 1. The SMILES string of the molecule is Cc1cc(-n2c(SCC(=O)Nc3ccc(F)c(F)c3)nc3ccsc3c2=O)ccc1F. The van der Waals surface area contributed by atoms with Crippen LogP contribution in [0.4, 0.5) is 18.9 Å². The number of aromatic nitrogens is 2. The van der Waals surface area contributed by atoms with E-state index in [1.165, 1.54) is 40.2 Å². The van der Waals surface area contributed by atoms with Crippen molar-refractivity contribution in [3.05, 3.63) is 81.2 Å². The van der Waals surface area contributed by atoms with E-state index in [2.05, 4.69) is 10.3 Å². The summed E-state index contributed by atoms with van der Waals surface area (Å²) in [5, 5.41) is 4.47. The average molecular weight is 461 g/mol. The molecule has 1 N–H and O–H groups in total. The standard InChI is InChI=1S/C21H14F3N3O2S2/c1-11-8-13(3-5-14(11)22)27-20(29)19-17(6-7-30-19)26-21(27)31-10-18(28)25-12-2-4-15(23)16(24)9-12/h2-9H,10H2,1H3,(H,25,28). The van der Waals surface area contributed by atoms with Gasteiger partial charge in [-0.15, -0.1) is 11.3 Å². The van der Waals surface area contributed by atoms with Crippen molar-refractivity contribution in [2.45, 2.75) is 12.1 Å². The number of amides is 1. The van der Waals surface area contributed by atoms with Gasteiger partial charge in [0.25, 0.3) is 5.56 Å². The highest BCUT2D eigenvalue weighted by Gasteiger charge is 2.17. The van der Waals surface area contributed by atoms with Crippen molar-refractivity contribution in [1.29, 1.82) is 0 Å². The van der Waals surface area contributed by atoms with Gasteiger partial charge in [-0.2, -0.15) is 0 Å². The van der Waals surface area contributed by atoms with E-state index < -0.39 is 23.4 Å². The van der Waals surface area contributed by atoms with Crippen LogP contribution in [0.5, 0.6) is 0 Å². The highest BCUT2D eigenvalue weighted by atomic mass is 32.2. The molecule has 0 aliphatic rings. The second kappa shape index (κ2) is 8.56. The highest BCUT2D eigenvalue weighted by Crippen LogP contribution is 2.25. The molecule has 0 aliphatic heterocycles. The normalized spacial score (nSPS) is 11.1. The number of halogens is 3. The van der Waals surface area contributed by atoms with Gasteiger partial charge in [-0.05, 0) is 54.3 Å². The van der Waals surface area contributed by atoms with Gasteiger partial charge in [0.1, 0.15) is 10.5 Å². The first-order valence-electron chi connectivity index (χ1n) is 8.98. The molecule has 4 aromatic rings. The van der Waals surface area contributed by atoms with Gasteiger partial charge in [-0.25, -0.2) is 18.2 Å². The second-order valence-corrected chi connectivity index (χ2v) is 8.43. The predicted octanol–water partition coefficient (Wildman–Crippen LogP) is 4.90. The minimum absolute atomic E-state index is 0.109. The number of hydrogen-bond donors (Lipinski definition) is 1. The van der Waals surface area contributed by atoms with Gasteiger partial charge in [0.15, 0.2) is 16.8 Å². The Morgan fingerprint density at radius 3 is 2.61 bits per heavy atom. The zero-order valence-electron chi connectivity index (χ0n) is 16.0. The Labute approximate surface area is 182 Å². The second-order valence-electron chi connectivity index (χ2n) is 6.57. The molecule has 1 amide bonds. The topological polar surface area (TPSA) is 64.0 Å². The molecule has 0 aliphatic carbocycles. The van der Waals surface area contributed by atoms with Gasteiger partial charge < -0.3 is 5.32 Å². The number of nitrogens with zero attached hydrogens (tertiary/aromatic N) is 2. The highest BCUT2D eigenvalue weighted by molar-refractivity contribution is 7.99. The molecule has 2 aromatic heterocycles. The van der Waals surface area contributed by atoms with Gasteiger partial charge in [-0.1, -0.05) is 11.8 Å². The van der Waals surface area contributed by atoms with Crippen LogP contribution >= 0.6 is 23.1 Å².